The van der Waals surface area contributed by atoms with Gasteiger partial charge in [0.15, 0.2) is 11.6 Å². The SMILES string of the molecule is CCC(=O)C1=CN(C(C)(C)C)CCC1(C)C.CCC(=O)C1=CN(CC(C)C)CCC1(C)C. The minimum atomic E-state index is 0.0366. The maximum atomic E-state index is 12.0. The van der Waals surface area contributed by atoms with Crippen molar-refractivity contribution in [3.8, 4) is 0 Å². The molecular formula is C28H50N2O2. The molecule has 0 spiro atoms. The molecule has 0 aromatic rings. The molecule has 0 amide bonds. The maximum Gasteiger partial charge on any atom is 0.160 e. The zero-order valence-electron chi connectivity index (χ0n) is 22.9. The molecular weight excluding hydrogens is 396 g/mol. The van der Waals surface area contributed by atoms with Crippen LogP contribution in [0.25, 0.3) is 0 Å². The van der Waals surface area contributed by atoms with Gasteiger partial charge < -0.3 is 9.80 Å². The van der Waals surface area contributed by atoms with E-state index in [0.29, 0.717) is 30.3 Å². The van der Waals surface area contributed by atoms with E-state index in [2.05, 4.69) is 84.5 Å². The zero-order chi connectivity index (χ0) is 24.9. The highest BCUT2D eigenvalue weighted by molar-refractivity contribution is 5.96. The van der Waals surface area contributed by atoms with E-state index in [4.69, 9.17) is 0 Å². The molecule has 32 heavy (non-hydrogen) atoms. The molecule has 0 N–H and O–H groups in total. The third-order valence-corrected chi connectivity index (χ3v) is 6.76. The number of ketones is 2. The van der Waals surface area contributed by atoms with Crippen molar-refractivity contribution in [2.45, 2.75) is 107 Å². The van der Waals surface area contributed by atoms with Gasteiger partial charge in [0.2, 0.25) is 0 Å². The Kier molecular flexibility index (Phi) is 9.81. The predicted molar refractivity (Wildman–Crippen MR) is 136 cm³/mol. The third-order valence-electron chi connectivity index (χ3n) is 6.76. The van der Waals surface area contributed by atoms with E-state index < -0.39 is 0 Å². The smallest absolute Gasteiger partial charge is 0.160 e. The fourth-order valence-corrected chi connectivity index (χ4v) is 4.33. The summed E-state index contributed by atoms with van der Waals surface area (Å²) in [5.41, 5.74) is 2.21. The molecule has 4 heteroatoms. The monoisotopic (exact) mass is 446 g/mol. The second-order valence-corrected chi connectivity index (χ2v) is 12.2. The lowest BCUT2D eigenvalue weighted by atomic mass is 9.76. The molecule has 0 saturated heterocycles. The van der Waals surface area contributed by atoms with Crippen LogP contribution >= 0.6 is 0 Å². The normalized spacial score (nSPS) is 20.2. The fraction of sp³-hybridized carbons (Fsp3) is 0.786. The van der Waals surface area contributed by atoms with Gasteiger partial charge in [-0.3, -0.25) is 9.59 Å². The van der Waals surface area contributed by atoms with Crippen LogP contribution in [0.5, 0.6) is 0 Å². The first-order valence-corrected chi connectivity index (χ1v) is 12.6. The molecule has 2 heterocycles. The summed E-state index contributed by atoms with van der Waals surface area (Å²) in [4.78, 5) is 28.5. The lowest BCUT2D eigenvalue weighted by Gasteiger charge is -2.43. The molecule has 0 aromatic carbocycles. The van der Waals surface area contributed by atoms with Crippen LogP contribution in [-0.4, -0.2) is 46.5 Å². The van der Waals surface area contributed by atoms with Gasteiger partial charge in [0, 0.05) is 61.6 Å². The second-order valence-electron chi connectivity index (χ2n) is 12.2. The van der Waals surface area contributed by atoms with E-state index in [1.54, 1.807) is 0 Å². The van der Waals surface area contributed by atoms with Gasteiger partial charge in [-0.25, -0.2) is 0 Å². The van der Waals surface area contributed by atoms with Gasteiger partial charge in [0.25, 0.3) is 0 Å². The van der Waals surface area contributed by atoms with Crippen LogP contribution in [0.3, 0.4) is 0 Å². The van der Waals surface area contributed by atoms with Crippen molar-refractivity contribution >= 4 is 11.6 Å². The molecule has 2 aliphatic heterocycles. The Morgan fingerprint density at radius 2 is 1.31 bits per heavy atom. The standard InChI is InChI=1S/2C14H25NO/c1-7-12(16)11-10-15(13(2,3)4)9-8-14(11,5)6;1-6-13(16)12-10-15(9-11(2)3)8-7-14(12,4)5/h10H,7-9H2,1-6H3;10-11H,6-9H2,1-5H3. The van der Waals surface area contributed by atoms with Crippen LogP contribution < -0.4 is 0 Å². The van der Waals surface area contributed by atoms with Crippen molar-refractivity contribution in [1.29, 1.82) is 0 Å². The van der Waals surface area contributed by atoms with Gasteiger partial charge in [-0.05, 0) is 50.4 Å². The highest BCUT2D eigenvalue weighted by atomic mass is 16.1. The largest absolute Gasteiger partial charge is 0.377 e. The van der Waals surface area contributed by atoms with Crippen molar-refractivity contribution in [1.82, 2.24) is 9.80 Å². The Morgan fingerprint density at radius 1 is 0.875 bits per heavy atom. The van der Waals surface area contributed by atoms with Crippen LogP contribution in [0.15, 0.2) is 23.5 Å². The molecule has 0 radical (unpaired) electrons. The molecule has 2 rings (SSSR count). The van der Waals surface area contributed by atoms with Crippen LogP contribution in [0.2, 0.25) is 0 Å². The second kappa shape index (κ2) is 11.0. The Balaban J connectivity index is 0.000000320. The van der Waals surface area contributed by atoms with Crippen molar-refractivity contribution in [3.05, 3.63) is 23.5 Å². The first kappa shape index (κ1) is 28.5. The third kappa shape index (κ3) is 7.78. The van der Waals surface area contributed by atoms with Crippen molar-refractivity contribution in [2.24, 2.45) is 16.7 Å². The summed E-state index contributed by atoms with van der Waals surface area (Å²) in [7, 11) is 0. The molecule has 0 aromatic heterocycles. The number of carbonyl (C=O) groups excluding carboxylic acids is 2. The molecule has 0 fully saturated rings. The zero-order valence-corrected chi connectivity index (χ0v) is 22.9. The average molecular weight is 447 g/mol. The summed E-state index contributed by atoms with van der Waals surface area (Å²) < 4.78 is 0. The lowest BCUT2D eigenvalue weighted by molar-refractivity contribution is -0.117. The topological polar surface area (TPSA) is 40.6 Å². The van der Waals surface area contributed by atoms with Gasteiger partial charge >= 0.3 is 0 Å². The van der Waals surface area contributed by atoms with Crippen LogP contribution in [0.4, 0.5) is 0 Å². The number of Topliss-reactive ketones (excluding diaryl/α,β-unsaturated/α-hetero) is 2. The minimum absolute atomic E-state index is 0.0366. The number of rotatable bonds is 6. The van der Waals surface area contributed by atoms with E-state index in [-0.39, 0.29) is 16.4 Å². The van der Waals surface area contributed by atoms with Crippen LogP contribution in [0, 0.1) is 16.7 Å². The van der Waals surface area contributed by atoms with Crippen LogP contribution in [0.1, 0.15) is 102 Å². The molecule has 0 atom stereocenters. The highest BCUT2D eigenvalue weighted by Crippen LogP contribution is 2.38. The van der Waals surface area contributed by atoms with Gasteiger partial charge in [0.1, 0.15) is 0 Å². The number of hydrogen-bond donors (Lipinski definition) is 0. The van der Waals surface area contributed by atoms with Crippen molar-refractivity contribution in [2.75, 3.05) is 19.6 Å². The molecule has 184 valence electrons. The Morgan fingerprint density at radius 3 is 1.72 bits per heavy atom. The van der Waals surface area contributed by atoms with E-state index in [1.165, 1.54) is 0 Å². The van der Waals surface area contributed by atoms with Gasteiger partial charge in [-0.15, -0.1) is 0 Å². The number of nitrogens with zero attached hydrogens (tertiary/aromatic N) is 2. The lowest BCUT2D eigenvalue weighted by Crippen LogP contribution is -2.44. The van der Waals surface area contributed by atoms with E-state index in [1.807, 2.05) is 13.8 Å². The summed E-state index contributed by atoms with van der Waals surface area (Å²) in [6.07, 6.45) is 7.56. The Labute approximate surface area is 198 Å². The Hall–Kier alpha value is -1.58. The summed E-state index contributed by atoms with van der Waals surface area (Å²) in [6.45, 7) is 26.8. The summed E-state index contributed by atoms with van der Waals surface area (Å²) >= 11 is 0. The molecule has 0 aliphatic carbocycles. The number of allylic oxidation sites excluding steroid dienone is 2. The fourth-order valence-electron chi connectivity index (χ4n) is 4.33. The van der Waals surface area contributed by atoms with Crippen molar-refractivity contribution in [3.63, 3.8) is 0 Å². The minimum Gasteiger partial charge on any atom is -0.377 e. The summed E-state index contributed by atoms with van der Waals surface area (Å²) in [6, 6.07) is 0. The average Bonchev–Trinajstić information content (AvgIpc) is 2.67. The summed E-state index contributed by atoms with van der Waals surface area (Å²) in [5.74, 6) is 1.24. The van der Waals surface area contributed by atoms with Crippen LogP contribution in [-0.2, 0) is 9.59 Å². The van der Waals surface area contributed by atoms with Gasteiger partial charge in [-0.1, -0.05) is 55.4 Å². The van der Waals surface area contributed by atoms with E-state index >= 15 is 0 Å². The van der Waals surface area contributed by atoms with Crippen molar-refractivity contribution < 1.29 is 9.59 Å². The van der Waals surface area contributed by atoms with Gasteiger partial charge in [-0.2, -0.15) is 0 Å². The quantitative estimate of drug-likeness (QED) is 0.460. The maximum absolute atomic E-state index is 12.0. The molecule has 2 aliphatic rings. The summed E-state index contributed by atoms with van der Waals surface area (Å²) in [5, 5.41) is 0. The first-order chi connectivity index (χ1) is 14.5. The van der Waals surface area contributed by atoms with E-state index in [0.717, 1.165) is 43.6 Å². The number of hydrogen-bond acceptors (Lipinski definition) is 4. The molecule has 0 saturated carbocycles. The predicted octanol–water partition coefficient (Wildman–Crippen LogP) is 6.62. The Bertz CT molecular complexity index is 720. The van der Waals surface area contributed by atoms with E-state index in [9.17, 15) is 9.59 Å². The first-order valence-electron chi connectivity index (χ1n) is 12.6. The van der Waals surface area contributed by atoms with Gasteiger partial charge in [0.05, 0.1) is 0 Å². The number of carbonyl (C=O) groups is 2. The molecule has 0 unspecified atom stereocenters. The highest BCUT2D eigenvalue weighted by Gasteiger charge is 2.35. The molecule has 4 nitrogen and oxygen atoms in total. The molecule has 0 bridgehead atoms.